The molecule has 0 radical (unpaired) electrons. The van der Waals surface area contributed by atoms with E-state index in [1.807, 2.05) is 11.0 Å². The molecule has 2 fully saturated rings. The van der Waals surface area contributed by atoms with E-state index in [1.165, 1.54) is 26.4 Å². The summed E-state index contributed by atoms with van der Waals surface area (Å²) in [5.74, 6) is 1.11. The summed E-state index contributed by atoms with van der Waals surface area (Å²) < 4.78 is 4.69. The van der Waals surface area contributed by atoms with Gasteiger partial charge in [0.05, 0.1) is 7.11 Å². The molecule has 5 heteroatoms. The normalized spacial score (nSPS) is 22.9. The number of nitrogen functional groups attached to an aromatic ring is 1. The van der Waals surface area contributed by atoms with Crippen molar-refractivity contribution in [3.05, 3.63) is 29.3 Å². The molecule has 124 valence electrons. The van der Waals surface area contributed by atoms with Gasteiger partial charge >= 0.3 is 5.97 Å². The van der Waals surface area contributed by atoms with Crippen LogP contribution in [0.3, 0.4) is 0 Å². The van der Waals surface area contributed by atoms with Crippen LogP contribution < -0.4 is 5.73 Å². The molecule has 3 rings (SSSR count). The molecule has 0 spiro atoms. The zero-order chi connectivity index (χ0) is 16.4. The zero-order valence-electron chi connectivity index (χ0n) is 13.6. The number of nitrogens with two attached hydrogens (primary N) is 1. The summed E-state index contributed by atoms with van der Waals surface area (Å²) in [7, 11) is 1.38. The number of hydrogen-bond acceptors (Lipinski definition) is 4. The number of nitrogens with zero attached hydrogens (tertiary/aromatic N) is 1. The molecule has 1 amide bonds. The van der Waals surface area contributed by atoms with Gasteiger partial charge in [0.25, 0.3) is 5.91 Å². The highest BCUT2D eigenvalue weighted by atomic mass is 16.5. The first kappa shape index (κ1) is 15.8. The molecule has 1 saturated heterocycles. The van der Waals surface area contributed by atoms with Gasteiger partial charge in [0.2, 0.25) is 0 Å². The largest absolute Gasteiger partial charge is 0.469 e. The number of amides is 1. The molecular formula is C18H24N2O3. The number of aryl methyl sites for hydroxylation is 1. The Morgan fingerprint density at radius 3 is 2.61 bits per heavy atom. The van der Waals surface area contributed by atoms with E-state index >= 15 is 0 Å². The highest BCUT2D eigenvalue weighted by Crippen LogP contribution is 2.38. The lowest BCUT2D eigenvalue weighted by Crippen LogP contribution is -2.30. The maximum Gasteiger partial charge on any atom is 0.305 e. The van der Waals surface area contributed by atoms with Crippen molar-refractivity contribution in [2.75, 3.05) is 25.9 Å². The Bertz CT molecular complexity index is 602. The molecule has 2 aliphatic rings. The minimum absolute atomic E-state index is 0.0477. The molecule has 1 heterocycles. The van der Waals surface area contributed by atoms with Crippen LogP contribution in [0, 0.1) is 11.8 Å². The van der Waals surface area contributed by atoms with Gasteiger partial charge in [0, 0.05) is 30.8 Å². The molecular weight excluding hydrogens is 292 g/mol. The van der Waals surface area contributed by atoms with Gasteiger partial charge in [0.1, 0.15) is 0 Å². The van der Waals surface area contributed by atoms with Gasteiger partial charge in [-0.25, -0.2) is 0 Å². The lowest BCUT2D eigenvalue weighted by molar-refractivity contribution is -0.140. The van der Waals surface area contributed by atoms with Gasteiger partial charge in [-0.15, -0.1) is 0 Å². The number of methoxy groups -OCH3 is 1. The third kappa shape index (κ3) is 3.33. The molecule has 0 aromatic heterocycles. The number of benzene rings is 1. The number of carbonyl (C=O) groups excluding carboxylic acids is 2. The molecule has 23 heavy (non-hydrogen) atoms. The van der Waals surface area contributed by atoms with E-state index in [-0.39, 0.29) is 18.3 Å². The van der Waals surface area contributed by atoms with E-state index in [2.05, 4.69) is 4.74 Å². The standard InChI is InChI=1S/C18H24N2O3/c1-23-17(21)8-6-12-5-7-15(19)9-16(12)18(22)20-10-13-3-2-4-14(13)11-20/h5,7,9,13-14H,2-4,6,8,10-11,19H2,1H3/t13-,14+. The fourth-order valence-corrected chi connectivity index (χ4v) is 3.92. The molecule has 0 unspecified atom stereocenters. The zero-order valence-corrected chi connectivity index (χ0v) is 13.6. The summed E-state index contributed by atoms with van der Waals surface area (Å²) in [4.78, 5) is 26.3. The molecule has 1 aliphatic carbocycles. The Kier molecular flexibility index (Phi) is 4.55. The first-order valence-electron chi connectivity index (χ1n) is 8.33. The summed E-state index contributed by atoms with van der Waals surface area (Å²) >= 11 is 0. The Labute approximate surface area is 136 Å². The minimum atomic E-state index is -0.268. The molecule has 1 aliphatic heterocycles. The van der Waals surface area contributed by atoms with E-state index in [1.54, 1.807) is 12.1 Å². The van der Waals surface area contributed by atoms with Gasteiger partial charge < -0.3 is 15.4 Å². The predicted molar refractivity (Wildman–Crippen MR) is 87.9 cm³/mol. The predicted octanol–water partition coefficient (Wildman–Crippen LogP) is 2.25. The van der Waals surface area contributed by atoms with Crippen molar-refractivity contribution in [1.29, 1.82) is 0 Å². The van der Waals surface area contributed by atoms with Gasteiger partial charge in [-0.3, -0.25) is 9.59 Å². The van der Waals surface area contributed by atoms with Gasteiger partial charge in [-0.05, 0) is 48.8 Å². The molecule has 1 aromatic rings. The van der Waals surface area contributed by atoms with Crippen molar-refractivity contribution in [2.24, 2.45) is 11.8 Å². The van der Waals surface area contributed by atoms with Crippen LogP contribution >= 0.6 is 0 Å². The first-order valence-corrected chi connectivity index (χ1v) is 8.33. The topological polar surface area (TPSA) is 72.6 Å². The highest BCUT2D eigenvalue weighted by Gasteiger charge is 2.38. The molecule has 5 nitrogen and oxygen atoms in total. The number of hydrogen-bond donors (Lipinski definition) is 1. The second-order valence-corrected chi connectivity index (χ2v) is 6.65. The van der Waals surface area contributed by atoms with Crippen LogP contribution in [-0.4, -0.2) is 37.0 Å². The number of ether oxygens (including phenoxy) is 1. The Hall–Kier alpha value is -2.04. The fraction of sp³-hybridized carbons (Fsp3) is 0.556. The smallest absolute Gasteiger partial charge is 0.305 e. The van der Waals surface area contributed by atoms with Crippen LogP contribution in [0.15, 0.2) is 18.2 Å². The van der Waals surface area contributed by atoms with Crippen LogP contribution in [0.1, 0.15) is 41.6 Å². The molecule has 0 bridgehead atoms. The van der Waals surface area contributed by atoms with Crippen LogP contribution in [0.25, 0.3) is 0 Å². The van der Waals surface area contributed by atoms with E-state index in [0.717, 1.165) is 18.7 Å². The summed E-state index contributed by atoms with van der Waals surface area (Å²) in [6.07, 6.45) is 4.53. The van der Waals surface area contributed by atoms with Crippen molar-refractivity contribution < 1.29 is 14.3 Å². The van der Waals surface area contributed by atoms with Gasteiger partial charge in [-0.1, -0.05) is 12.5 Å². The van der Waals surface area contributed by atoms with Crippen LogP contribution in [0.5, 0.6) is 0 Å². The first-order chi connectivity index (χ1) is 11.1. The van der Waals surface area contributed by atoms with Crippen LogP contribution in [-0.2, 0) is 16.0 Å². The van der Waals surface area contributed by atoms with E-state index in [0.29, 0.717) is 29.5 Å². The second kappa shape index (κ2) is 6.60. The fourth-order valence-electron chi connectivity index (χ4n) is 3.92. The minimum Gasteiger partial charge on any atom is -0.469 e. The molecule has 1 saturated carbocycles. The summed E-state index contributed by atoms with van der Waals surface area (Å²) in [5.41, 5.74) is 7.95. The van der Waals surface area contributed by atoms with E-state index in [9.17, 15) is 9.59 Å². The second-order valence-electron chi connectivity index (χ2n) is 6.65. The Morgan fingerprint density at radius 1 is 1.26 bits per heavy atom. The summed E-state index contributed by atoms with van der Waals surface area (Å²) in [6.45, 7) is 1.71. The maximum atomic E-state index is 12.9. The van der Waals surface area contributed by atoms with Crippen molar-refractivity contribution in [2.45, 2.75) is 32.1 Å². The number of rotatable bonds is 4. The third-order valence-corrected chi connectivity index (χ3v) is 5.20. The number of likely N-dealkylation sites (tertiary alicyclic amines) is 1. The number of esters is 1. The highest BCUT2D eigenvalue weighted by molar-refractivity contribution is 5.97. The van der Waals surface area contributed by atoms with Crippen LogP contribution in [0.4, 0.5) is 5.69 Å². The quantitative estimate of drug-likeness (QED) is 0.683. The number of anilines is 1. The van der Waals surface area contributed by atoms with E-state index in [4.69, 9.17) is 5.73 Å². The van der Waals surface area contributed by atoms with E-state index < -0.39 is 0 Å². The Balaban J connectivity index is 1.76. The summed E-state index contributed by atoms with van der Waals surface area (Å²) in [6, 6.07) is 5.37. The van der Waals surface area contributed by atoms with Crippen LogP contribution in [0.2, 0.25) is 0 Å². The molecule has 2 atom stereocenters. The number of fused-ring (bicyclic) bond motifs is 1. The molecule has 1 aromatic carbocycles. The summed E-state index contributed by atoms with van der Waals surface area (Å²) in [5, 5.41) is 0. The van der Waals surface area contributed by atoms with Crippen molar-refractivity contribution >= 4 is 17.6 Å². The average molecular weight is 316 g/mol. The average Bonchev–Trinajstić information content (AvgIpc) is 3.14. The SMILES string of the molecule is COC(=O)CCc1ccc(N)cc1C(=O)N1C[C@H]2CCC[C@H]2C1. The van der Waals surface area contributed by atoms with Crippen molar-refractivity contribution in [3.63, 3.8) is 0 Å². The van der Waals surface area contributed by atoms with Crippen molar-refractivity contribution in [1.82, 2.24) is 4.90 Å². The van der Waals surface area contributed by atoms with Crippen molar-refractivity contribution in [3.8, 4) is 0 Å². The third-order valence-electron chi connectivity index (χ3n) is 5.20. The molecule has 2 N–H and O–H groups in total. The lowest BCUT2D eigenvalue weighted by atomic mass is 10.0. The number of carbonyl (C=O) groups is 2. The van der Waals surface area contributed by atoms with Gasteiger partial charge in [0.15, 0.2) is 0 Å². The lowest BCUT2D eigenvalue weighted by Gasteiger charge is -2.19. The monoisotopic (exact) mass is 316 g/mol. The maximum absolute atomic E-state index is 12.9. The Morgan fingerprint density at radius 2 is 1.96 bits per heavy atom. The van der Waals surface area contributed by atoms with Gasteiger partial charge in [-0.2, -0.15) is 0 Å².